The number of aromatic nitrogens is 3. The van der Waals surface area contributed by atoms with E-state index in [9.17, 15) is 14.7 Å². The maximum atomic E-state index is 13.0. The summed E-state index contributed by atoms with van der Waals surface area (Å²) in [6, 6.07) is 21.1. The number of rotatable bonds is 4. The fraction of sp³-hybridized carbons (Fsp3) is 0.240. The van der Waals surface area contributed by atoms with Crippen LogP contribution in [0.3, 0.4) is 0 Å². The molecule has 32 heavy (non-hydrogen) atoms. The lowest BCUT2D eigenvalue weighted by Crippen LogP contribution is -2.49. The molecule has 2 aromatic carbocycles. The standard InChI is InChI=1S/C25H24N4O3/c30-23(21-10-8-20(9-11-21)19-5-2-1-3-6-19)27-15-12-25(32,13-16-27)17-28-18-26-29-14-4-7-22(29)24(28)31/h1-11,14,18,32H,12-13,15-17H2. The maximum Gasteiger partial charge on any atom is 0.277 e. The molecule has 0 saturated carbocycles. The molecule has 1 saturated heterocycles. The van der Waals surface area contributed by atoms with Crippen LogP contribution in [-0.2, 0) is 6.54 Å². The van der Waals surface area contributed by atoms with Crippen LogP contribution >= 0.6 is 0 Å². The van der Waals surface area contributed by atoms with Crippen LogP contribution in [0.5, 0.6) is 0 Å². The number of amides is 1. The Morgan fingerprint density at radius 2 is 1.62 bits per heavy atom. The number of carbonyl (C=O) groups is 1. The molecule has 0 aliphatic carbocycles. The lowest BCUT2D eigenvalue weighted by atomic mass is 9.91. The fourth-order valence-corrected chi connectivity index (χ4v) is 4.29. The lowest BCUT2D eigenvalue weighted by molar-refractivity contribution is -0.0300. The highest BCUT2D eigenvalue weighted by molar-refractivity contribution is 5.94. The lowest BCUT2D eigenvalue weighted by Gasteiger charge is -2.38. The first-order chi connectivity index (χ1) is 15.5. The van der Waals surface area contributed by atoms with E-state index < -0.39 is 5.60 Å². The number of nitrogens with zero attached hydrogens (tertiary/aromatic N) is 4. The quantitative estimate of drug-likeness (QED) is 0.542. The molecule has 1 aliphatic rings. The number of piperidine rings is 1. The molecule has 0 bridgehead atoms. The van der Waals surface area contributed by atoms with E-state index in [1.807, 2.05) is 54.6 Å². The summed E-state index contributed by atoms with van der Waals surface area (Å²) < 4.78 is 2.97. The van der Waals surface area contributed by atoms with Crippen molar-refractivity contribution in [3.8, 4) is 11.1 Å². The maximum absolute atomic E-state index is 13.0. The highest BCUT2D eigenvalue weighted by atomic mass is 16.3. The van der Waals surface area contributed by atoms with E-state index in [1.165, 1.54) is 15.4 Å². The molecule has 162 valence electrons. The summed E-state index contributed by atoms with van der Waals surface area (Å²) in [5.74, 6) is -0.0416. The van der Waals surface area contributed by atoms with E-state index in [-0.39, 0.29) is 18.0 Å². The highest BCUT2D eigenvalue weighted by Crippen LogP contribution is 2.26. The van der Waals surface area contributed by atoms with Gasteiger partial charge < -0.3 is 10.0 Å². The minimum atomic E-state index is -1.05. The average Bonchev–Trinajstić information content (AvgIpc) is 3.31. The monoisotopic (exact) mass is 428 g/mol. The Bertz CT molecular complexity index is 1300. The Morgan fingerprint density at radius 3 is 2.34 bits per heavy atom. The third-order valence-electron chi connectivity index (χ3n) is 6.21. The Labute approximate surface area is 185 Å². The summed E-state index contributed by atoms with van der Waals surface area (Å²) in [4.78, 5) is 27.4. The molecular formula is C25H24N4O3. The van der Waals surface area contributed by atoms with Crippen molar-refractivity contribution in [2.75, 3.05) is 13.1 Å². The van der Waals surface area contributed by atoms with E-state index >= 15 is 0 Å². The Morgan fingerprint density at radius 1 is 0.938 bits per heavy atom. The minimum Gasteiger partial charge on any atom is -0.388 e. The van der Waals surface area contributed by atoms with Gasteiger partial charge in [-0.05, 0) is 48.2 Å². The third-order valence-corrected chi connectivity index (χ3v) is 6.21. The molecule has 7 heteroatoms. The molecule has 0 unspecified atom stereocenters. The Balaban J connectivity index is 1.25. The van der Waals surface area contributed by atoms with Crippen LogP contribution < -0.4 is 5.56 Å². The van der Waals surface area contributed by atoms with Crippen molar-refractivity contribution in [2.24, 2.45) is 0 Å². The first-order valence-electron chi connectivity index (χ1n) is 10.7. The van der Waals surface area contributed by atoms with Crippen LogP contribution in [0, 0.1) is 0 Å². The summed E-state index contributed by atoms with van der Waals surface area (Å²) in [7, 11) is 0. The molecule has 3 heterocycles. The van der Waals surface area contributed by atoms with E-state index in [1.54, 1.807) is 23.2 Å². The van der Waals surface area contributed by atoms with Crippen molar-refractivity contribution in [3.63, 3.8) is 0 Å². The summed E-state index contributed by atoms with van der Waals surface area (Å²) in [6.07, 6.45) is 3.98. The summed E-state index contributed by atoms with van der Waals surface area (Å²) in [5.41, 5.74) is 2.05. The van der Waals surface area contributed by atoms with Gasteiger partial charge in [0.1, 0.15) is 11.8 Å². The predicted molar refractivity (Wildman–Crippen MR) is 121 cm³/mol. The van der Waals surface area contributed by atoms with Gasteiger partial charge in [-0.15, -0.1) is 0 Å². The smallest absolute Gasteiger partial charge is 0.277 e. The van der Waals surface area contributed by atoms with Crippen LogP contribution in [0.2, 0.25) is 0 Å². The predicted octanol–water partition coefficient (Wildman–Crippen LogP) is 2.83. The molecule has 4 aromatic rings. The van der Waals surface area contributed by atoms with Gasteiger partial charge in [-0.1, -0.05) is 42.5 Å². The normalized spacial score (nSPS) is 15.7. The minimum absolute atomic E-state index is 0.0416. The number of likely N-dealkylation sites (tertiary alicyclic amines) is 1. The molecule has 2 aromatic heterocycles. The van der Waals surface area contributed by atoms with E-state index in [4.69, 9.17) is 0 Å². The number of hydrogen-bond acceptors (Lipinski definition) is 4. The second-order valence-corrected chi connectivity index (χ2v) is 8.36. The van der Waals surface area contributed by atoms with E-state index in [2.05, 4.69) is 5.10 Å². The topological polar surface area (TPSA) is 79.8 Å². The van der Waals surface area contributed by atoms with E-state index in [0.717, 1.165) is 11.1 Å². The zero-order valence-corrected chi connectivity index (χ0v) is 17.6. The van der Waals surface area contributed by atoms with Crippen molar-refractivity contribution in [1.82, 2.24) is 19.1 Å². The molecule has 1 aliphatic heterocycles. The average molecular weight is 428 g/mol. The first-order valence-corrected chi connectivity index (χ1v) is 10.7. The molecule has 0 atom stereocenters. The Hall–Kier alpha value is -3.71. The summed E-state index contributed by atoms with van der Waals surface area (Å²) >= 11 is 0. The molecule has 1 amide bonds. The van der Waals surface area contributed by atoms with Crippen LogP contribution in [0.25, 0.3) is 16.6 Å². The SMILES string of the molecule is O=C(c1ccc(-c2ccccc2)cc1)N1CCC(O)(Cn2cnn3cccc3c2=O)CC1. The largest absolute Gasteiger partial charge is 0.388 e. The molecular weight excluding hydrogens is 404 g/mol. The molecule has 0 spiro atoms. The molecule has 1 N–H and O–H groups in total. The Kier molecular flexibility index (Phi) is 5.11. The molecule has 7 nitrogen and oxygen atoms in total. The summed E-state index contributed by atoms with van der Waals surface area (Å²) in [5, 5.41) is 15.3. The van der Waals surface area contributed by atoms with Crippen molar-refractivity contribution in [1.29, 1.82) is 0 Å². The van der Waals surface area contributed by atoms with Crippen molar-refractivity contribution in [3.05, 3.63) is 95.2 Å². The number of benzene rings is 2. The second kappa shape index (κ2) is 8.09. The van der Waals surface area contributed by atoms with Gasteiger partial charge in [0, 0.05) is 24.8 Å². The molecule has 0 radical (unpaired) electrons. The van der Waals surface area contributed by atoms with Gasteiger partial charge in [0.15, 0.2) is 0 Å². The van der Waals surface area contributed by atoms with E-state index in [0.29, 0.717) is 37.0 Å². The van der Waals surface area contributed by atoms with Gasteiger partial charge in [-0.2, -0.15) is 5.10 Å². The van der Waals surface area contributed by atoms with Gasteiger partial charge in [-0.25, -0.2) is 4.52 Å². The molecule has 5 rings (SSSR count). The highest BCUT2D eigenvalue weighted by Gasteiger charge is 2.35. The van der Waals surface area contributed by atoms with Gasteiger partial charge in [-0.3, -0.25) is 14.2 Å². The van der Waals surface area contributed by atoms with Gasteiger partial charge in [0.2, 0.25) is 0 Å². The van der Waals surface area contributed by atoms with Gasteiger partial charge in [0.05, 0.1) is 12.1 Å². The number of aliphatic hydroxyl groups is 1. The second-order valence-electron chi connectivity index (χ2n) is 8.36. The fourth-order valence-electron chi connectivity index (χ4n) is 4.29. The van der Waals surface area contributed by atoms with Gasteiger partial charge >= 0.3 is 0 Å². The van der Waals surface area contributed by atoms with Crippen LogP contribution in [-0.4, -0.2) is 48.8 Å². The number of fused-ring (bicyclic) bond motifs is 1. The van der Waals surface area contributed by atoms with Gasteiger partial charge in [0.25, 0.3) is 11.5 Å². The zero-order valence-electron chi connectivity index (χ0n) is 17.6. The van der Waals surface area contributed by atoms with Crippen molar-refractivity contribution >= 4 is 11.4 Å². The number of hydrogen-bond donors (Lipinski definition) is 1. The zero-order chi connectivity index (χ0) is 22.1. The summed E-state index contributed by atoms with van der Waals surface area (Å²) in [6.45, 7) is 1.03. The van der Waals surface area contributed by atoms with Crippen molar-refractivity contribution in [2.45, 2.75) is 25.0 Å². The third kappa shape index (κ3) is 3.83. The van der Waals surface area contributed by atoms with Crippen LogP contribution in [0.4, 0.5) is 0 Å². The first kappa shape index (κ1) is 20.2. The van der Waals surface area contributed by atoms with Crippen molar-refractivity contribution < 1.29 is 9.90 Å². The number of carbonyl (C=O) groups excluding carboxylic acids is 1. The van der Waals surface area contributed by atoms with Crippen LogP contribution in [0.15, 0.2) is 84.0 Å². The van der Waals surface area contributed by atoms with Crippen LogP contribution in [0.1, 0.15) is 23.2 Å². The molecule has 1 fully saturated rings.